The summed E-state index contributed by atoms with van der Waals surface area (Å²) in [6, 6.07) is 5.13. The van der Waals surface area contributed by atoms with Crippen LogP contribution in [0.2, 0.25) is 5.02 Å². The Morgan fingerprint density at radius 2 is 2.27 bits per heavy atom. The summed E-state index contributed by atoms with van der Waals surface area (Å²) in [4.78, 5) is 10.4. The van der Waals surface area contributed by atoms with Gasteiger partial charge in [-0.25, -0.2) is 0 Å². The van der Waals surface area contributed by atoms with Crippen LogP contribution in [0.15, 0.2) is 18.2 Å². The molecule has 0 aliphatic rings. The van der Waals surface area contributed by atoms with Crippen molar-refractivity contribution >= 4 is 17.5 Å². The average Bonchev–Trinajstić information content (AvgIpc) is 2.18. The van der Waals surface area contributed by atoms with Crippen molar-refractivity contribution in [3.8, 4) is 5.75 Å². The summed E-state index contributed by atoms with van der Waals surface area (Å²) in [6.45, 7) is 0.945. The highest BCUT2D eigenvalue weighted by Gasteiger charge is 2.04. The molecule has 82 valence electrons. The van der Waals surface area contributed by atoms with Gasteiger partial charge in [0, 0.05) is 25.1 Å². The van der Waals surface area contributed by atoms with E-state index in [1.165, 1.54) is 0 Å². The Labute approximate surface area is 93.0 Å². The lowest BCUT2D eigenvalue weighted by Gasteiger charge is -2.06. The second kappa shape index (κ2) is 5.58. The molecule has 1 aromatic rings. The first-order valence-corrected chi connectivity index (χ1v) is 4.94. The third-order valence-electron chi connectivity index (χ3n) is 1.93. The largest absolute Gasteiger partial charge is 0.506 e. The van der Waals surface area contributed by atoms with Crippen molar-refractivity contribution in [2.45, 2.75) is 13.0 Å². The second-order valence-corrected chi connectivity index (χ2v) is 3.55. The van der Waals surface area contributed by atoms with Crippen LogP contribution in [0.4, 0.5) is 0 Å². The lowest BCUT2D eigenvalue weighted by Crippen LogP contribution is -2.21. The number of phenolic OH excluding ortho intramolecular Hbond substituents is 1. The number of benzene rings is 1. The van der Waals surface area contributed by atoms with Crippen LogP contribution in [-0.2, 0) is 11.3 Å². The third-order valence-corrected chi connectivity index (χ3v) is 2.24. The minimum Gasteiger partial charge on any atom is -0.506 e. The topological polar surface area (TPSA) is 75.4 Å². The zero-order valence-electron chi connectivity index (χ0n) is 8.16. The van der Waals surface area contributed by atoms with E-state index in [2.05, 4.69) is 5.32 Å². The minimum absolute atomic E-state index is 0.0748. The number of rotatable bonds is 5. The van der Waals surface area contributed by atoms with E-state index >= 15 is 0 Å². The van der Waals surface area contributed by atoms with E-state index in [4.69, 9.17) is 17.3 Å². The number of nitrogens with two attached hydrogens (primary N) is 1. The van der Waals surface area contributed by atoms with Crippen LogP contribution in [0, 0.1) is 0 Å². The molecule has 0 unspecified atom stereocenters. The molecule has 0 heterocycles. The van der Waals surface area contributed by atoms with Crippen molar-refractivity contribution in [3.63, 3.8) is 0 Å². The predicted octanol–water partition coefficient (Wildman–Crippen LogP) is 1.01. The number of hydrogen-bond donors (Lipinski definition) is 3. The van der Waals surface area contributed by atoms with Crippen LogP contribution >= 0.6 is 11.6 Å². The van der Waals surface area contributed by atoms with Gasteiger partial charge >= 0.3 is 0 Å². The molecule has 0 bridgehead atoms. The number of phenols is 1. The Morgan fingerprint density at radius 3 is 2.93 bits per heavy atom. The predicted molar refractivity (Wildman–Crippen MR) is 58.6 cm³/mol. The van der Waals surface area contributed by atoms with Gasteiger partial charge in [0.15, 0.2) is 0 Å². The summed E-state index contributed by atoms with van der Waals surface area (Å²) in [6.07, 6.45) is 0.279. The molecule has 1 amide bonds. The Hall–Kier alpha value is -1.26. The summed E-state index contributed by atoms with van der Waals surface area (Å²) in [5.41, 5.74) is 5.68. The van der Waals surface area contributed by atoms with E-state index in [9.17, 15) is 9.90 Å². The maximum absolute atomic E-state index is 10.4. The number of carbonyl (C=O) groups excluding carboxylic acids is 1. The molecule has 0 aliphatic carbocycles. The van der Waals surface area contributed by atoms with Gasteiger partial charge in [-0.3, -0.25) is 4.79 Å². The minimum atomic E-state index is -0.349. The highest BCUT2D eigenvalue weighted by atomic mass is 35.5. The van der Waals surface area contributed by atoms with Gasteiger partial charge in [0.25, 0.3) is 0 Å². The smallest absolute Gasteiger partial charge is 0.218 e. The van der Waals surface area contributed by atoms with Gasteiger partial charge in [0.2, 0.25) is 5.91 Å². The standard InChI is InChI=1S/C10H13ClN2O2/c11-8-3-1-2-7(10(8)15)6-13-5-4-9(12)14/h1-3,13,15H,4-6H2,(H2,12,14). The van der Waals surface area contributed by atoms with Crippen molar-refractivity contribution in [1.29, 1.82) is 0 Å². The molecule has 4 N–H and O–H groups in total. The lowest BCUT2D eigenvalue weighted by atomic mass is 10.2. The van der Waals surface area contributed by atoms with E-state index < -0.39 is 0 Å². The molecule has 1 aromatic carbocycles. The van der Waals surface area contributed by atoms with Crippen molar-refractivity contribution in [2.24, 2.45) is 5.73 Å². The highest BCUT2D eigenvalue weighted by molar-refractivity contribution is 6.32. The molecule has 1 rings (SSSR count). The molecule has 0 saturated heterocycles. The summed E-state index contributed by atoms with van der Waals surface area (Å²) in [7, 11) is 0. The molecule has 0 atom stereocenters. The van der Waals surface area contributed by atoms with E-state index in [0.717, 1.165) is 0 Å². The summed E-state index contributed by atoms with van der Waals surface area (Å²) in [5, 5.41) is 12.8. The fourth-order valence-corrected chi connectivity index (χ4v) is 1.33. The fraction of sp³-hybridized carbons (Fsp3) is 0.300. The quantitative estimate of drug-likeness (QED) is 0.659. The van der Waals surface area contributed by atoms with Crippen LogP contribution in [0.1, 0.15) is 12.0 Å². The lowest BCUT2D eigenvalue weighted by molar-refractivity contribution is -0.117. The van der Waals surface area contributed by atoms with Crippen LogP contribution in [0.25, 0.3) is 0 Å². The molecule has 15 heavy (non-hydrogen) atoms. The molecular formula is C10H13ClN2O2. The molecule has 0 fully saturated rings. The number of amides is 1. The van der Waals surface area contributed by atoms with Crippen LogP contribution in [-0.4, -0.2) is 17.6 Å². The van der Waals surface area contributed by atoms with Gasteiger partial charge in [-0.2, -0.15) is 0 Å². The second-order valence-electron chi connectivity index (χ2n) is 3.14. The van der Waals surface area contributed by atoms with Crippen LogP contribution < -0.4 is 11.1 Å². The first-order chi connectivity index (χ1) is 7.11. The molecule has 0 aliphatic heterocycles. The summed E-state index contributed by atoms with van der Waals surface area (Å²) in [5.74, 6) is -0.274. The monoisotopic (exact) mass is 228 g/mol. The number of primary amides is 1. The number of aromatic hydroxyl groups is 1. The van der Waals surface area contributed by atoms with Crippen molar-refractivity contribution in [1.82, 2.24) is 5.32 Å². The highest BCUT2D eigenvalue weighted by Crippen LogP contribution is 2.26. The Balaban J connectivity index is 2.44. The number of halogens is 1. The normalized spacial score (nSPS) is 10.2. The zero-order valence-corrected chi connectivity index (χ0v) is 8.92. The SMILES string of the molecule is NC(=O)CCNCc1cccc(Cl)c1O. The van der Waals surface area contributed by atoms with Crippen molar-refractivity contribution < 1.29 is 9.90 Å². The average molecular weight is 229 g/mol. The number of carbonyl (C=O) groups is 1. The van der Waals surface area contributed by atoms with E-state index in [-0.39, 0.29) is 18.1 Å². The summed E-state index contributed by atoms with van der Waals surface area (Å²) >= 11 is 5.73. The van der Waals surface area contributed by atoms with Crippen molar-refractivity contribution in [3.05, 3.63) is 28.8 Å². The van der Waals surface area contributed by atoms with E-state index in [1.54, 1.807) is 18.2 Å². The number of para-hydroxylation sites is 1. The van der Waals surface area contributed by atoms with Gasteiger partial charge in [0.05, 0.1) is 5.02 Å². The van der Waals surface area contributed by atoms with Crippen molar-refractivity contribution in [2.75, 3.05) is 6.54 Å². The van der Waals surface area contributed by atoms with Gasteiger partial charge in [-0.15, -0.1) is 0 Å². The van der Waals surface area contributed by atoms with E-state index in [0.29, 0.717) is 23.7 Å². The first kappa shape index (κ1) is 11.8. The van der Waals surface area contributed by atoms with Gasteiger partial charge in [-0.1, -0.05) is 23.7 Å². The van der Waals surface area contributed by atoms with Gasteiger partial charge < -0.3 is 16.2 Å². The maximum atomic E-state index is 10.4. The van der Waals surface area contributed by atoms with Gasteiger partial charge in [-0.05, 0) is 6.07 Å². The molecule has 0 spiro atoms. The first-order valence-electron chi connectivity index (χ1n) is 4.56. The van der Waals surface area contributed by atoms with Crippen LogP contribution in [0.3, 0.4) is 0 Å². The zero-order chi connectivity index (χ0) is 11.3. The molecule has 5 heteroatoms. The molecular weight excluding hydrogens is 216 g/mol. The number of nitrogens with one attached hydrogen (secondary N) is 1. The molecule has 0 saturated carbocycles. The maximum Gasteiger partial charge on any atom is 0.218 e. The molecule has 4 nitrogen and oxygen atoms in total. The Kier molecular flexibility index (Phi) is 4.39. The molecule has 0 radical (unpaired) electrons. The fourth-order valence-electron chi connectivity index (χ4n) is 1.14. The molecule has 0 aromatic heterocycles. The van der Waals surface area contributed by atoms with E-state index in [1.807, 2.05) is 0 Å². The Bertz CT molecular complexity index is 355. The Morgan fingerprint density at radius 1 is 1.53 bits per heavy atom. The number of hydrogen-bond acceptors (Lipinski definition) is 3. The van der Waals surface area contributed by atoms with Gasteiger partial charge in [0.1, 0.15) is 5.75 Å². The summed E-state index contributed by atoms with van der Waals surface area (Å²) < 4.78 is 0. The van der Waals surface area contributed by atoms with Crippen LogP contribution in [0.5, 0.6) is 5.75 Å². The third kappa shape index (κ3) is 3.77.